The number of hydrogen-bond acceptors (Lipinski definition) is 6. The van der Waals surface area contributed by atoms with Crippen molar-refractivity contribution in [2.75, 3.05) is 5.32 Å². The zero-order chi connectivity index (χ0) is 15.5. The summed E-state index contributed by atoms with van der Waals surface area (Å²) in [6.07, 6.45) is 4.60. The summed E-state index contributed by atoms with van der Waals surface area (Å²) in [6.45, 7) is 0. The van der Waals surface area contributed by atoms with Crippen LogP contribution in [-0.4, -0.2) is 20.8 Å². The molecular formula is C14H12N4O4. The van der Waals surface area contributed by atoms with Crippen molar-refractivity contribution in [2.24, 2.45) is 5.92 Å². The van der Waals surface area contributed by atoms with E-state index in [1.165, 1.54) is 24.5 Å². The molecule has 22 heavy (non-hydrogen) atoms. The molecule has 0 radical (unpaired) electrons. The minimum absolute atomic E-state index is 0.0401. The molecule has 1 amide bonds. The third-order valence-corrected chi connectivity index (χ3v) is 3.07. The molecule has 0 unspecified atom stereocenters. The summed E-state index contributed by atoms with van der Waals surface area (Å²) in [5, 5.41) is 13.3. The highest BCUT2D eigenvalue weighted by molar-refractivity contribution is 5.93. The maximum absolute atomic E-state index is 11.7. The van der Waals surface area contributed by atoms with Crippen molar-refractivity contribution >= 4 is 17.5 Å². The van der Waals surface area contributed by atoms with Gasteiger partial charge in [0, 0.05) is 24.2 Å². The Morgan fingerprint density at radius 2 is 2.09 bits per heavy atom. The first-order chi connectivity index (χ1) is 10.6. The zero-order valence-corrected chi connectivity index (χ0v) is 11.4. The van der Waals surface area contributed by atoms with Gasteiger partial charge in [-0.25, -0.2) is 4.98 Å². The lowest BCUT2D eigenvalue weighted by Crippen LogP contribution is -2.14. The lowest BCUT2D eigenvalue weighted by atomic mass is 10.3. The van der Waals surface area contributed by atoms with Crippen molar-refractivity contribution in [3.05, 3.63) is 46.8 Å². The Bertz CT molecular complexity index is 713. The number of carbonyl (C=O) groups is 1. The van der Waals surface area contributed by atoms with E-state index in [0.717, 1.165) is 12.8 Å². The second-order valence-electron chi connectivity index (χ2n) is 4.85. The predicted molar refractivity (Wildman–Crippen MR) is 76.6 cm³/mol. The van der Waals surface area contributed by atoms with E-state index in [-0.39, 0.29) is 17.6 Å². The third-order valence-electron chi connectivity index (χ3n) is 3.07. The van der Waals surface area contributed by atoms with Gasteiger partial charge < -0.3 is 20.2 Å². The van der Waals surface area contributed by atoms with Crippen LogP contribution in [0.2, 0.25) is 0 Å². The van der Waals surface area contributed by atoms with E-state index in [1.807, 2.05) is 0 Å². The average molecular weight is 300 g/mol. The van der Waals surface area contributed by atoms with Gasteiger partial charge in [-0.05, 0) is 34.9 Å². The van der Waals surface area contributed by atoms with Crippen molar-refractivity contribution in [1.82, 2.24) is 9.97 Å². The first kappa shape index (κ1) is 13.9. The Morgan fingerprint density at radius 1 is 1.27 bits per heavy atom. The highest BCUT2D eigenvalue weighted by atomic mass is 16.6. The monoisotopic (exact) mass is 300 g/mol. The molecule has 8 heteroatoms. The Hall–Kier alpha value is -3.03. The molecule has 0 spiro atoms. The lowest BCUT2D eigenvalue weighted by Gasteiger charge is -2.07. The van der Waals surface area contributed by atoms with E-state index in [9.17, 15) is 14.9 Å². The number of aromatic nitrogens is 2. The summed E-state index contributed by atoms with van der Waals surface area (Å²) in [6, 6.07) is 5.91. The molecule has 2 aromatic heterocycles. The Balaban J connectivity index is 1.69. The number of pyridine rings is 2. The molecule has 112 valence electrons. The van der Waals surface area contributed by atoms with Crippen molar-refractivity contribution in [3.8, 4) is 11.5 Å². The molecule has 1 fully saturated rings. The van der Waals surface area contributed by atoms with Crippen LogP contribution in [0.4, 0.5) is 11.6 Å². The third kappa shape index (κ3) is 3.35. The molecule has 2 aromatic rings. The molecule has 1 aliphatic carbocycles. The highest BCUT2D eigenvalue weighted by Crippen LogP contribution is 2.30. The second kappa shape index (κ2) is 5.76. The van der Waals surface area contributed by atoms with Gasteiger partial charge >= 0.3 is 5.82 Å². The van der Waals surface area contributed by atoms with Gasteiger partial charge in [0.25, 0.3) is 0 Å². The van der Waals surface area contributed by atoms with Crippen LogP contribution in [0.15, 0.2) is 36.7 Å². The van der Waals surface area contributed by atoms with Crippen molar-refractivity contribution in [1.29, 1.82) is 0 Å². The maximum Gasteiger partial charge on any atom is 0.363 e. The summed E-state index contributed by atoms with van der Waals surface area (Å²) in [5.41, 5.74) is 0. The van der Waals surface area contributed by atoms with E-state index in [1.54, 1.807) is 12.1 Å². The number of ether oxygens (including phenoxy) is 1. The smallest absolute Gasteiger partial charge is 0.363 e. The van der Waals surface area contributed by atoms with Gasteiger partial charge in [0.2, 0.25) is 5.91 Å². The van der Waals surface area contributed by atoms with Gasteiger partial charge in [-0.3, -0.25) is 4.79 Å². The first-order valence-corrected chi connectivity index (χ1v) is 6.67. The summed E-state index contributed by atoms with van der Waals surface area (Å²) in [5.74, 6) is 1.02. The normalized spacial score (nSPS) is 13.5. The van der Waals surface area contributed by atoms with Crippen LogP contribution in [0, 0.1) is 16.0 Å². The van der Waals surface area contributed by atoms with E-state index in [4.69, 9.17) is 4.74 Å². The minimum atomic E-state index is -0.582. The van der Waals surface area contributed by atoms with Crippen LogP contribution >= 0.6 is 0 Å². The molecule has 0 atom stereocenters. The Labute approximate surface area is 125 Å². The van der Waals surface area contributed by atoms with Gasteiger partial charge in [-0.15, -0.1) is 0 Å². The maximum atomic E-state index is 11.7. The van der Waals surface area contributed by atoms with E-state index < -0.39 is 4.92 Å². The van der Waals surface area contributed by atoms with Gasteiger partial charge in [0.15, 0.2) is 11.9 Å². The van der Waals surface area contributed by atoms with Crippen molar-refractivity contribution in [3.63, 3.8) is 0 Å². The zero-order valence-electron chi connectivity index (χ0n) is 11.4. The SMILES string of the molecule is O=C(Nc1cc(Oc2ccc([N+](=O)[O-])nc2)ccn1)C1CC1. The molecule has 3 rings (SSSR count). The number of amides is 1. The number of anilines is 1. The molecule has 0 bridgehead atoms. The van der Waals surface area contributed by atoms with E-state index >= 15 is 0 Å². The molecule has 1 N–H and O–H groups in total. The second-order valence-corrected chi connectivity index (χ2v) is 4.85. The van der Waals surface area contributed by atoms with E-state index in [2.05, 4.69) is 15.3 Å². The number of rotatable bonds is 5. The van der Waals surface area contributed by atoms with Gasteiger partial charge in [-0.2, -0.15) is 0 Å². The van der Waals surface area contributed by atoms with E-state index in [0.29, 0.717) is 17.3 Å². The van der Waals surface area contributed by atoms with Gasteiger partial charge in [0.1, 0.15) is 11.6 Å². The summed E-state index contributed by atoms with van der Waals surface area (Å²) in [4.78, 5) is 29.3. The summed E-state index contributed by atoms with van der Waals surface area (Å²) >= 11 is 0. The van der Waals surface area contributed by atoms with Gasteiger partial charge in [0.05, 0.1) is 0 Å². The lowest BCUT2D eigenvalue weighted by molar-refractivity contribution is -0.389. The van der Waals surface area contributed by atoms with Crippen molar-refractivity contribution in [2.45, 2.75) is 12.8 Å². The predicted octanol–water partition coefficient (Wildman–Crippen LogP) is 2.53. The fraction of sp³-hybridized carbons (Fsp3) is 0.214. The van der Waals surface area contributed by atoms with Gasteiger partial charge in [-0.1, -0.05) is 0 Å². The molecule has 0 saturated heterocycles. The average Bonchev–Trinajstić information content (AvgIpc) is 3.33. The molecule has 0 aliphatic heterocycles. The number of hydrogen-bond donors (Lipinski definition) is 1. The molecule has 8 nitrogen and oxygen atoms in total. The number of nitrogens with one attached hydrogen (secondary N) is 1. The topological polar surface area (TPSA) is 107 Å². The van der Waals surface area contributed by atoms with Crippen LogP contribution in [0.1, 0.15) is 12.8 Å². The number of carbonyl (C=O) groups excluding carboxylic acids is 1. The van der Waals surface area contributed by atoms with Crippen LogP contribution in [-0.2, 0) is 4.79 Å². The largest absolute Gasteiger partial charge is 0.453 e. The Morgan fingerprint density at radius 3 is 2.73 bits per heavy atom. The van der Waals surface area contributed by atoms with Crippen LogP contribution in [0.3, 0.4) is 0 Å². The van der Waals surface area contributed by atoms with Crippen LogP contribution in [0.5, 0.6) is 11.5 Å². The summed E-state index contributed by atoms with van der Waals surface area (Å²) < 4.78 is 5.54. The molecule has 2 heterocycles. The fourth-order valence-corrected chi connectivity index (χ4v) is 1.79. The number of nitrogens with zero attached hydrogens (tertiary/aromatic N) is 3. The quantitative estimate of drug-likeness (QED) is 0.671. The standard InChI is InChI=1S/C14H12N4O4/c19-14(9-1-2-9)17-12-7-10(5-6-15-12)22-11-3-4-13(16-8-11)18(20)21/h3-9H,1-2H2,(H,15,17,19). The molecule has 1 saturated carbocycles. The minimum Gasteiger partial charge on any atom is -0.453 e. The summed E-state index contributed by atoms with van der Waals surface area (Å²) in [7, 11) is 0. The molecular weight excluding hydrogens is 288 g/mol. The van der Waals surface area contributed by atoms with Crippen LogP contribution < -0.4 is 10.1 Å². The fourth-order valence-electron chi connectivity index (χ4n) is 1.79. The van der Waals surface area contributed by atoms with Crippen LogP contribution in [0.25, 0.3) is 0 Å². The molecule has 0 aromatic carbocycles. The number of nitro groups is 1. The first-order valence-electron chi connectivity index (χ1n) is 6.67. The Kier molecular flexibility index (Phi) is 3.65. The molecule has 1 aliphatic rings. The highest BCUT2D eigenvalue weighted by Gasteiger charge is 2.29. The van der Waals surface area contributed by atoms with Crippen molar-refractivity contribution < 1.29 is 14.5 Å².